The molecule has 0 amide bonds. The summed E-state index contributed by atoms with van der Waals surface area (Å²) < 4.78 is 52.4. The van der Waals surface area contributed by atoms with Crippen LogP contribution in [0, 0.1) is 0 Å². The van der Waals surface area contributed by atoms with Crippen LogP contribution in [0.25, 0.3) is 11.0 Å². The maximum absolute atomic E-state index is 13.3. The smallest absolute Gasteiger partial charge is 0.392 e. The molecule has 1 aliphatic heterocycles. The summed E-state index contributed by atoms with van der Waals surface area (Å²) in [4.78, 5) is 27.2. The van der Waals surface area contributed by atoms with Crippen LogP contribution in [0.3, 0.4) is 0 Å². The molecule has 3 unspecified atom stereocenters. The number of nitrogens with zero attached hydrogens (tertiary/aromatic N) is 3. The fourth-order valence-corrected chi connectivity index (χ4v) is 5.02. The van der Waals surface area contributed by atoms with Crippen molar-refractivity contribution in [3.05, 3.63) is 17.5 Å². The van der Waals surface area contributed by atoms with Crippen LogP contribution in [0.1, 0.15) is 58.6 Å². The normalized spacial score (nSPS) is 22.9. The molecule has 9 nitrogen and oxygen atoms in total. The first-order chi connectivity index (χ1) is 16.6. The van der Waals surface area contributed by atoms with E-state index < -0.39 is 45.4 Å². The van der Waals surface area contributed by atoms with Crippen molar-refractivity contribution in [3.8, 4) is 0 Å². The van der Waals surface area contributed by atoms with Gasteiger partial charge in [0.25, 0.3) is 5.34 Å². The van der Waals surface area contributed by atoms with E-state index in [4.69, 9.17) is 21.1 Å². The third kappa shape index (κ3) is 6.01. The van der Waals surface area contributed by atoms with Gasteiger partial charge in [-0.3, -0.25) is 0 Å². The molecular weight excluding hydrogens is 512 g/mol. The van der Waals surface area contributed by atoms with E-state index >= 15 is 0 Å². The van der Waals surface area contributed by atoms with Crippen LogP contribution in [0.4, 0.5) is 19.0 Å². The number of anilines is 1. The Balaban J connectivity index is 0.00000167. The third-order valence-electron chi connectivity index (χ3n) is 6.12. The van der Waals surface area contributed by atoms with E-state index in [0.29, 0.717) is 30.3 Å². The highest BCUT2D eigenvalue weighted by molar-refractivity contribution is 7.46. The van der Waals surface area contributed by atoms with Crippen LogP contribution in [0.5, 0.6) is 0 Å². The van der Waals surface area contributed by atoms with Crippen LogP contribution in [0.15, 0.2) is 12.3 Å². The third-order valence-corrected chi connectivity index (χ3v) is 7.46. The van der Waals surface area contributed by atoms with Crippen LogP contribution in [-0.2, 0) is 9.47 Å². The van der Waals surface area contributed by atoms with Crippen molar-refractivity contribution in [3.63, 3.8) is 0 Å². The Kier molecular flexibility index (Phi) is 9.58. The SMILES string of the molecule is CC.OCC(OCC1CCC(n2ccc3c(NC4CCCC4)nc(Cl)nc32)O1)(P(O)O)C(F)(F)F. The number of rotatable bonds is 8. The molecule has 1 aliphatic carbocycles. The molecule has 0 radical (unpaired) electrons. The zero-order valence-corrected chi connectivity index (χ0v) is 21.2. The second-order valence-corrected chi connectivity index (χ2v) is 9.90. The summed E-state index contributed by atoms with van der Waals surface area (Å²) in [6, 6.07) is 2.15. The Labute approximate surface area is 207 Å². The first kappa shape index (κ1) is 28.3. The molecule has 4 N–H and O–H groups in total. The van der Waals surface area contributed by atoms with Crippen molar-refractivity contribution in [1.29, 1.82) is 0 Å². The summed E-state index contributed by atoms with van der Waals surface area (Å²) >= 11 is 6.15. The van der Waals surface area contributed by atoms with Gasteiger partial charge in [0.1, 0.15) is 17.7 Å². The number of halogens is 4. The van der Waals surface area contributed by atoms with E-state index in [1.54, 1.807) is 10.8 Å². The largest absolute Gasteiger partial charge is 0.428 e. The summed E-state index contributed by atoms with van der Waals surface area (Å²) in [5.41, 5.74) is 0.538. The molecule has 0 spiro atoms. The minimum absolute atomic E-state index is 0.0676. The lowest BCUT2D eigenvalue weighted by Gasteiger charge is -2.34. The number of aliphatic hydroxyl groups is 1. The Morgan fingerprint density at radius 2 is 1.89 bits per heavy atom. The Morgan fingerprint density at radius 3 is 2.49 bits per heavy atom. The lowest BCUT2D eigenvalue weighted by Crippen LogP contribution is -2.50. The van der Waals surface area contributed by atoms with E-state index in [-0.39, 0.29) is 5.28 Å². The van der Waals surface area contributed by atoms with Gasteiger partial charge in [0, 0.05) is 12.2 Å². The maximum atomic E-state index is 13.3. The molecule has 3 heterocycles. The zero-order valence-electron chi connectivity index (χ0n) is 19.5. The average Bonchev–Trinajstić information content (AvgIpc) is 3.55. The van der Waals surface area contributed by atoms with E-state index in [9.17, 15) is 28.1 Å². The highest BCUT2D eigenvalue weighted by atomic mass is 35.5. The van der Waals surface area contributed by atoms with E-state index in [1.807, 2.05) is 19.9 Å². The number of alkyl halides is 3. The lowest BCUT2D eigenvalue weighted by molar-refractivity contribution is -0.260. The zero-order chi connectivity index (χ0) is 25.8. The molecule has 0 bridgehead atoms. The molecule has 4 rings (SSSR count). The van der Waals surface area contributed by atoms with Gasteiger partial charge >= 0.3 is 6.18 Å². The second kappa shape index (κ2) is 11.9. The van der Waals surface area contributed by atoms with Crippen LogP contribution >= 0.6 is 20.0 Å². The molecule has 2 fully saturated rings. The Hall–Kier alpha value is -1.27. The van der Waals surface area contributed by atoms with Gasteiger partial charge < -0.3 is 34.3 Å². The first-order valence-electron chi connectivity index (χ1n) is 11.6. The van der Waals surface area contributed by atoms with Gasteiger partial charge in [0.15, 0.2) is 0 Å². The summed E-state index contributed by atoms with van der Waals surface area (Å²) in [6.45, 7) is 1.82. The van der Waals surface area contributed by atoms with Crippen molar-refractivity contribution in [1.82, 2.24) is 14.5 Å². The predicted octanol–water partition coefficient (Wildman–Crippen LogP) is 4.71. The lowest BCUT2D eigenvalue weighted by atomic mass is 10.2. The summed E-state index contributed by atoms with van der Waals surface area (Å²) in [5, 5.41) is 10.0. The van der Waals surface area contributed by atoms with Gasteiger partial charge in [0.05, 0.1) is 24.7 Å². The number of aromatic nitrogens is 3. The Morgan fingerprint density at radius 1 is 1.20 bits per heavy atom. The minimum atomic E-state index is -5.16. The molecule has 3 atom stereocenters. The molecule has 2 aromatic heterocycles. The number of aliphatic hydroxyl groups excluding tert-OH is 1. The molecule has 2 aliphatic rings. The molecule has 2 aromatic rings. The van der Waals surface area contributed by atoms with Crippen molar-refractivity contribution in [2.45, 2.75) is 82.3 Å². The van der Waals surface area contributed by atoms with Gasteiger partial charge in [-0.05, 0) is 43.4 Å². The standard InChI is InChI=1S/C19H25ClF3N4O5P.C2H6/c20-17-25-15(24-11-3-1-2-4-11)13-7-8-27(16(13)26-17)14-6-5-12(32-14)9-31-18(10-28,33(29)30)19(21,22)23;1-2/h7-8,11-12,14,28-30H,1-6,9-10H2,(H,24,25,26);1-2H3. The number of nitrogens with one attached hydrogen (secondary N) is 1. The fraction of sp³-hybridized carbons (Fsp3) is 0.714. The molecule has 35 heavy (non-hydrogen) atoms. The van der Waals surface area contributed by atoms with Gasteiger partial charge in [-0.25, -0.2) is 4.98 Å². The van der Waals surface area contributed by atoms with Gasteiger partial charge in [-0.15, -0.1) is 0 Å². The van der Waals surface area contributed by atoms with Crippen LogP contribution in [0.2, 0.25) is 5.28 Å². The number of ether oxygens (including phenoxy) is 2. The number of hydrogen-bond acceptors (Lipinski definition) is 8. The van der Waals surface area contributed by atoms with Crippen molar-refractivity contribution in [2.24, 2.45) is 0 Å². The van der Waals surface area contributed by atoms with Gasteiger partial charge in [-0.2, -0.15) is 18.2 Å². The van der Waals surface area contributed by atoms with Crippen molar-refractivity contribution < 1.29 is 37.5 Å². The molecule has 14 heteroatoms. The van der Waals surface area contributed by atoms with E-state index in [0.717, 1.165) is 31.1 Å². The van der Waals surface area contributed by atoms with E-state index in [1.165, 1.54) is 0 Å². The van der Waals surface area contributed by atoms with Crippen molar-refractivity contribution >= 4 is 36.8 Å². The van der Waals surface area contributed by atoms with Gasteiger partial charge in [-0.1, -0.05) is 26.7 Å². The molecule has 0 aromatic carbocycles. The summed E-state index contributed by atoms with van der Waals surface area (Å²) in [7, 11) is -3.64. The monoisotopic (exact) mass is 542 g/mol. The van der Waals surface area contributed by atoms with Crippen LogP contribution in [-0.4, -0.2) is 66.3 Å². The minimum Gasteiger partial charge on any atom is -0.392 e. The topological polar surface area (TPSA) is 122 Å². The van der Waals surface area contributed by atoms with Crippen LogP contribution < -0.4 is 5.32 Å². The second-order valence-electron chi connectivity index (χ2n) is 8.26. The van der Waals surface area contributed by atoms with Gasteiger partial charge in [0.2, 0.25) is 13.7 Å². The average molecular weight is 543 g/mol. The van der Waals surface area contributed by atoms with Crippen molar-refractivity contribution in [2.75, 3.05) is 18.5 Å². The molecule has 1 saturated heterocycles. The Bertz CT molecular complexity index is 976. The maximum Gasteiger partial charge on any atom is 0.428 e. The number of fused-ring (bicyclic) bond motifs is 1. The first-order valence-corrected chi connectivity index (χ1v) is 13.2. The van der Waals surface area contributed by atoms with E-state index in [2.05, 4.69) is 15.3 Å². The highest BCUT2D eigenvalue weighted by Crippen LogP contribution is 2.53. The summed E-state index contributed by atoms with van der Waals surface area (Å²) in [5.74, 6) is 0.630. The molecular formula is C21H31ClF3N4O5P. The predicted molar refractivity (Wildman–Crippen MR) is 126 cm³/mol. The summed E-state index contributed by atoms with van der Waals surface area (Å²) in [6.07, 6.45) is 0.564. The molecule has 198 valence electrons. The molecule has 1 saturated carbocycles. The highest BCUT2D eigenvalue weighted by Gasteiger charge is 2.62. The number of hydrogen-bond donors (Lipinski definition) is 4. The fourth-order valence-electron chi connectivity index (χ4n) is 4.31. The quantitative estimate of drug-likeness (QED) is 0.279.